The third-order valence-electron chi connectivity index (χ3n) is 1.93. The molecule has 2 rings (SSSR count). The first-order chi connectivity index (χ1) is 7.25. The molecule has 4 nitrogen and oxygen atoms in total. The number of ether oxygens (including phenoxy) is 1. The Hall–Kier alpha value is -2.10. The van der Waals surface area contributed by atoms with Gasteiger partial charge in [0, 0.05) is 18.0 Å². The second kappa shape index (κ2) is 3.96. The minimum atomic E-state index is -0.103. The third-order valence-corrected chi connectivity index (χ3v) is 1.93. The quantitative estimate of drug-likeness (QED) is 0.808. The molecule has 0 aliphatic rings. The molecule has 0 aliphatic heterocycles. The van der Waals surface area contributed by atoms with Crippen molar-refractivity contribution in [3.05, 3.63) is 52.7 Å². The molecule has 0 aliphatic carbocycles. The first-order valence-corrected chi connectivity index (χ1v) is 4.53. The van der Waals surface area contributed by atoms with Gasteiger partial charge < -0.3 is 9.72 Å². The highest BCUT2D eigenvalue weighted by molar-refractivity contribution is 5.28. The summed E-state index contributed by atoms with van der Waals surface area (Å²) in [5, 5.41) is 0. The minimum Gasteiger partial charge on any atom is -0.454 e. The van der Waals surface area contributed by atoms with Crippen molar-refractivity contribution in [1.29, 1.82) is 0 Å². The fourth-order valence-corrected chi connectivity index (χ4v) is 1.17. The highest BCUT2D eigenvalue weighted by Gasteiger charge is 1.99. The summed E-state index contributed by atoms with van der Waals surface area (Å²) in [6, 6.07) is 5.27. The van der Waals surface area contributed by atoms with E-state index >= 15 is 0 Å². The van der Waals surface area contributed by atoms with Crippen LogP contribution in [0.2, 0.25) is 0 Å². The minimum absolute atomic E-state index is 0.103. The fourth-order valence-electron chi connectivity index (χ4n) is 1.17. The van der Waals surface area contributed by atoms with Crippen LogP contribution in [-0.2, 0) is 0 Å². The van der Waals surface area contributed by atoms with Gasteiger partial charge in [0.1, 0.15) is 11.5 Å². The maximum absolute atomic E-state index is 11.1. The molecular weight excluding hydrogens is 192 g/mol. The van der Waals surface area contributed by atoms with Gasteiger partial charge in [-0.05, 0) is 25.1 Å². The van der Waals surface area contributed by atoms with Crippen LogP contribution in [0.5, 0.6) is 11.5 Å². The van der Waals surface area contributed by atoms with E-state index in [1.54, 1.807) is 37.5 Å². The van der Waals surface area contributed by atoms with Crippen LogP contribution in [0, 0.1) is 6.92 Å². The summed E-state index contributed by atoms with van der Waals surface area (Å²) in [7, 11) is 0. The topological polar surface area (TPSA) is 55.0 Å². The van der Waals surface area contributed by atoms with Crippen LogP contribution in [0.3, 0.4) is 0 Å². The molecule has 0 saturated heterocycles. The van der Waals surface area contributed by atoms with Crippen LogP contribution in [0.4, 0.5) is 0 Å². The van der Waals surface area contributed by atoms with Gasteiger partial charge in [0.05, 0.1) is 6.20 Å². The predicted molar refractivity (Wildman–Crippen MR) is 56.1 cm³/mol. The summed E-state index contributed by atoms with van der Waals surface area (Å²) in [5.41, 5.74) is 0.518. The van der Waals surface area contributed by atoms with Crippen molar-refractivity contribution in [2.24, 2.45) is 0 Å². The number of H-pyrrole nitrogens is 1. The lowest BCUT2D eigenvalue weighted by Gasteiger charge is -2.04. The molecule has 0 aromatic carbocycles. The Morgan fingerprint density at radius 1 is 1.40 bits per heavy atom. The van der Waals surface area contributed by atoms with Crippen molar-refractivity contribution in [3.8, 4) is 11.5 Å². The SMILES string of the molecule is Cc1cc(Oc2cccnc2)c[nH]c1=O. The van der Waals surface area contributed by atoms with Crippen LogP contribution in [0.25, 0.3) is 0 Å². The van der Waals surface area contributed by atoms with Crippen molar-refractivity contribution in [2.75, 3.05) is 0 Å². The van der Waals surface area contributed by atoms with Gasteiger partial charge in [-0.2, -0.15) is 0 Å². The Kier molecular flexibility index (Phi) is 2.49. The van der Waals surface area contributed by atoms with E-state index in [9.17, 15) is 4.79 Å². The molecule has 2 aromatic heterocycles. The van der Waals surface area contributed by atoms with E-state index in [-0.39, 0.29) is 5.56 Å². The zero-order chi connectivity index (χ0) is 10.7. The van der Waals surface area contributed by atoms with E-state index in [2.05, 4.69) is 9.97 Å². The monoisotopic (exact) mass is 202 g/mol. The molecule has 0 atom stereocenters. The molecule has 0 saturated carbocycles. The first kappa shape index (κ1) is 9.45. The lowest BCUT2D eigenvalue weighted by atomic mass is 10.3. The average molecular weight is 202 g/mol. The molecule has 2 aromatic rings. The van der Waals surface area contributed by atoms with Crippen molar-refractivity contribution in [3.63, 3.8) is 0 Å². The van der Waals surface area contributed by atoms with Gasteiger partial charge in [0.25, 0.3) is 5.56 Å². The summed E-state index contributed by atoms with van der Waals surface area (Å²) < 4.78 is 5.48. The largest absolute Gasteiger partial charge is 0.454 e. The summed E-state index contributed by atoms with van der Waals surface area (Å²) in [6.45, 7) is 1.73. The number of aromatic nitrogens is 2. The maximum Gasteiger partial charge on any atom is 0.251 e. The zero-order valence-corrected chi connectivity index (χ0v) is 8.23. The summed E-state index contributed by atoms with van der Waals surface area (Å²) >= 11 is 0. The smallest absolute Gasteiger partial charge is 0.251 e. The molecule has 0 unspecified atom stereocenters. The molecule has 1 N–H and O–H groups in total. The van der Waals surface area contributed by atoms with Crippen molar-refractivity contribution in [1.82, 2.24) is 9.97 Å². The Morgan fingerprint density at radius 3 is 2.93 bits per heavy atom. The molecule has 76 valence electrons. The normalized spacial score (nSPS) is 9.93. The standard InChI is InChI=1S/C11H10N2O2/c1-8-5-10(7-13-11(8)14)15-9-3-2-4-12-6-9/h2-7H,1H3,(H,13,14). The number of rotatable bonds is 2. The molecule has 0 amide bonds. The molecular formula is C11H10N2O2. The molecule has 0 bridgehead atoms. The molecule has 0 spiro atoms. The van der Waals surface area contributed by atoms with Crippen LogP contribution >= 0.6 is 0 Å². The van der Waals surface area contributed by atoms with Crippen molar-refractivity contribution in [2.45, 2.75) is 6.92 Å². The van der Waals surface area contributed by atoms with Gasteiger partial charge in [-0.1, -0.05) is 0 Å². The number of aryl methyl sites for hydroxylation is 1. The average Bonchev–Trinajstić information content (AvgIpc) is 2.25. The van der Waals surface area contributed by atoms with Gasteiger partial charge in [-0.15, -0.1) is 0 Å². The number of nitrogens with one attached hydrogen (secondary N) is 1. The number of hydrogen-bond acceptors (Lipinski definition) is 3. The Bertz CT molecular complexity index is 505. The Balaban J connectivity index is 2.26. The zero-order valence-electron chi connectivity index (χ0n) is 8.23. The van der Waals surface area contributed by atoms with E-state index < -0.39 is 0 Å². The number of nitrogens with zero attached hydrogens (tertiary/aromatic N) is 1. The van der Waals surface area contributed by atoms with Crippen LogP contribution in [0.15, 0.2) is 41.6 Å². The highest BCUT2D eigenvalue weighted by atomic mass is 16.5. The van der Waals surface area contributed by atoms with Gasteiger partial charge in [0.2, 0.25) is 0 Å². The van der Waals surface area contributed by atoms with Crippen LogP contribution in [-0.4, -0.2) is 9.97 Å². The van der Waals surface area contributed by atoms with E-state index in [0.717, 1.165) is 0 Å². The van der Waals surface area contributed by atoms with Gasteiger partial charge in [-0.3, -0.25) is 9.78 Å². The lowest BCUT2D eigenvalue weighted by Crippen LogP contribution is -2.07. The molecule has 0 radical (unpaired) electrons. The van der Waals surface area contributed by atoms with E-state index in [4.69, 9.17) is 4.74 Å². The van der Waals surface area contributed by atoms with Crippen LogP contribution < -0.4 is 10.3 Å². The lowest BCUT2D eigenvalue weighted by molar-refractivity contribution is 0.477. The summed E-state index contributed by atoms with van der Waals surface area (Å²) in [4.78, 5) is 17.6. The van der Waals surface area contributed by atoms with Gasteiger partial charge >= 0.3 is 0 Å². The predicted octanol–water partition coefficient (Wildman–Crippen LogP) is 1.87. The van der Waals surface area contributed by atoms with Crippen molar-refractivity contribution >= 4 is 0 Å². The van der Waals surface area contributed by atoms with Gasteiger partial charge in [0.15, 0.2) is 0 Å². The molecule has 15 heavy (non-hydrogen) atoms. The Morgan fingerprint density at radius 2 is 2.27 bits per heavy atom. The van der Waals surface area contributed by atoms with Gasteiger partial charge in [-0.25, -0.2) is 0 Å². The maximum atomic E-state index is 11.1. The summed E-state index contributed by atoms with van der Waals surface area (Å²) in [5.74, 6) is 1.24. The molecule has 4 heteroatoms. The number of pyridine rings is 2. The summed E-state index contributed by atoms with van der Waals surface area (Å²) in [6.07, 6.45) is 4.81. The first-order valence-electron chi connectivity index (χ1n) is 4.53. The third kappa shape index (κ3) is 2.22. The van der Waals surface area contributed by atoms with E-state index in [0.29, 0.717) is 17.1 Å². The van der Waals surface area contributed by atoms with E-state index in [1.807, 2.05) is 0 Å². The number of aromatic amines is 1. The highest BCUT2D eigenvalue weighted by Crippen LogP contribution is 2.18. The molecule has 2 heterocycles. The van der Waals surface area contributed by atoms with Crippen LogP contribution in [0.1, 0.15) is 5.56 Å². The molecule has 0 fully saturated rings. The van der Waals surface area contributed by atoms with Crippen molar-refractivity contribution < 1.29 is 4.74 Å². The second-order valence-electron chi connectivity index (χ2n) is 3.14. The fraction of sp³-hybridized carbons (Fsp3) is 0.0909. The second-order valence-corrected chi connectivity index (χ2v) is 3.14. The number of hydrogen-bond donors (Lipinski definition) is 1. The van der Waals surface area contributed by atoms with E-state index in [1.165, 1.54) is 6.20 Å². The Labute approximate surface area is 86.6 Å².